The summed E-state index contributed by atoms with van der Waals surface area (Å²) in [6.07, 6.45) is 4.01. The van der Waals surface area contributed by atoms with E-state index in [4.69, 9.17) is 9.39 Å². The van der Waals surface area contributed by atoms with Gasteiger partial charge < -0.3 is 24.8 Å². The third-order valence-electron chi connectivity index (χ3n) is 8.77. The monoisotopic (exact) mass is 648 g/mol. The maximum Gasteiger partial charge on any atom is 0.491 e. The molecule has 3 aromatic carbocycles. The largest absolute Gasteiger partial charge is 0.491 e. The lowest BCUT2D eigenvalue weighted by molar-refractivity contribution is 0.0694. The second-order valence-electron chi connectivity index (χ2n) is 12.5. The van der Waals surface area contributed by atoms with Gasteiger partial charge in [0.15, 0.2) is 11.6 Å². The van der Waals surface area contributed by atoms with Crippen molar-refractivity contribution in [2.45, 2.75) is 47.5 Å². The quantitative estimate of drug-likeness (QED) is 0.124. The van der Waals surface area contributed by atoms with Crippen LogP contribution in [0.1, 0.15) is 88.3 Å². The van der Waals surface area contributed by atoms with Gasteiger partial charge in [-0.25, -0.2) is 4.79 Å². The molecule has 2 unspecified atom stereocenters. The van der Waals surface area contributed by atoms with Crippen molar-refractivity contribution in [3.63, 3.8) is 0 Å². The molecule has 1 aliphatic carbocycles. The number of nitrogens with zero attached hydrogens (tertiary/aromatic N) is 1. The number of aryl methyl sites for hydroxylation is 1. The van der Waals surface area contributed by atoms with E-state index in [1.54, 1.807) is 36.4 Å². The van der Waals surface area contributed by atoms with Gasteiger partial charge in [0.05, 0.1) is 11.3 Å². The third-order valence-corrected chi connectivity index (χ3v) is 8.77. The first kappa shape index (κ1) is 34.5. The Morgan fingerprint density at radius 2 is 1.73 bits per heavy atom. The molecule has 248 valence electrons. The van der Waals surface area contributed by atoms with Crippen LogP contribution in [-0.4, -0.2) is 60.2 Å². The fourth-order valence-electron chi connectivity index (χ4n) is 6.22. The first-order chi connectivity index (χ1) is 22.9. The summed E-state index contributed by atoms with van der Waals surface area (Å²) in [5, 5.41) is 24.2. The van der Waals surface area contributed by atoms with Gasteiger partial charge in [-0.15, -0.1) is 0 Å². The highest BCUT2D eigenvalue weighted by Crippen LogP contribution is 2.50. The summed E-state index contributed by atoms with van der Waals surface area (Å²) < 4.78 is 12.2. The van der Waals surface area contributed by atoms with Crippen molar-refractivity contribution in [2.24, 2.45) is 16.8 Å². The Bertz CT molecular complexity index is 1840. The first-order valence-corrected chi connectivity index (χ1v) is 16.2. The van der Waals surface area contributed by atoms with Crippen molar-refractivity contribution in [1.29, 1.82) is 0 Å². The van der Waals surface area contributed by atoms with Crippen LogP contribution in [0.4, 0.5) is 5.69 Å². The van der Waals surface area contributed by atoms with Crippen molar-refractivity contribution in [3.05, 3.63) is 111 Å². The van der Waals surface area contributed by atoms with E-state index >= 15 is 0 Å². The van der Waals surface area contributed by atoms with Crippen LogP contribution in [0.15, 0.2) is 83.1 Å². The molecular formula is C38H41BN2O7. The molecule has 0 aromatic heterocycles. The predicted octanol–water partition coefficient (Wildman–Crippen LogP) is 6.00. The van der Waals surface area contributed by atoms with Crippen LogP contribution in [0.2, 0.25) is 0 Å². The number of hydrogen-bond acceptors (Lipinski definition) is 8. The van der Waals surface area contributed by atoms with Gasteiger partial charge in [-0.1, -0.05) is 56.3 Å². The molecule has 0 saturated carbocycles. The molecule has 0 amide bonds. The summed E-state index contributed by atoms with van der Waals surface area (Å²) in [6, 6.07) is 15.6. The van der Waals surface area contributed by atoms with Gasteiger partial charge >= 0.3 is 13.1 Å². The molecule has 0 bridgehead atoms. The second kappa shape index (κ2) is 14.5. The fourth-order valence-corrected chi connectivity index (χ4v) is 6.22. The number of carboxylic acid groups (broad SMARTS) is 1. The van der Waals surface area contributed by atoms with E-state index in [1.807, 2.05) is 52.8 Å². The van der Waals surface area contributed by atoms with E-state index in [9.17, 15) is 24.5 Å². The van der Waals surface area contributed by atoms with Crippen molar-refractivity contribution < 1.29 is 33.9 Å². The number of Topliss-reactive ketones (excluding diaryl/α,β-unsaturated/α-hetero) is 2. The highest BCUT2D eigenvalue weighted by molar-refractivity contribution is 6.60. The van der Waals surface area contributed by atoms with Gasteiger partial charge in [0.1, 0.15) is 11.5 Å². The smallest absolute Gasteiger partial charge is 0.478 e. The summed E-state index contributed by atoms with van der Waals surface area (Å²) in [4.78, 5) is 41.5. The van der Waals surface area contributed by atoms with Crippen molar-refractivity contribution in [3.8, 4) is 5.75 Å². The molecule has 10 heteroatoms. The summed E-state index contributed by atoms with van der Waals surface area (Å²) in [5.41, 5.74) is 6.53. The fraction of sp³-hybridized carbons (Fsp3) is 0.316. The lowest BCUT2D eigenvalue weighted by Gasteiger charge is -2.37. The highest BCUT2D eigenvalue weighted by Gasteiger charge is 2.39. The van der Waals surface area contributed by atoms with E-state index in [-0.39, 0.29) is 35.6 Å². The number of anilines is 1. The summed E-state index contributed by atoms with van der Waals surface area (Å²) in [6.45, 7) is 12.2. The van der Waals surface area contributed by atoms with E-state index in [0.29, 0.717) is 46.8 Å². The number of rotatable bonds is 12. The topological polar surface area (TPSA) is 135 Å². The lowest BCUT2D eigenvalue weighted by atomic mass is 9.73. The molecule has 0 radical (unpaired) electrons. The number of ether oxygens (including phenoxy) is 1. The van der Waals surface area contributed by atoms with Gasteiger partial charge in [0, 0.05) is 72.0 Å². The summed E-state index contributed by atoms with van der Waals surface area (Å²) >= 11 is 0. The van der Waals surface area contributed by atoms with Gasteiger partial charge in [0.25, 0.3) is 0 Å². The number of ketones is 2. The second-order valence-corrected chi connectivity index (χ2v) is 12.5. The van der Waals surface area contributed by atoms with Crippen LogP contribution in [0, 0.1) is 18.8 Å². The minimum Gasteiger partial charge on any atom is -0.478 e. The van der Waals surface area contributed by atoms with Gasteiger partial charge in [0.2, 0.25) is 0 Å². The number of fused-ring (bicyclic) bond motifs is 2. The zero-order valence-electron chi connectivity index (χ0n) is 28.2. The van der Waals surface area contributed by atoms with Gasteiger partial charge in [-0.05, 0) is 62.0 Å². The number of allylic oxidation sites excluding steroid dienone is 3. The first-order valence-electron chi connectivity index (χ1n) is 16.2. The molecule has 0 saturated heterocycles. The Morgan fingerprint density at radius 1 is 1.02 bits per heavy atom. The number of carbonyl (C=O) groups is 3. The molecule has 48 heavy (non-hydrogen) atoms. The zero-order chi connectivity index (χ0) is 34.7. The van der Waals surface area contributed by atoms with Crippen molar-refractivity contribution in [1.82, 2.24) is 0 Å². The summed E-state index contributed by atoms with van der Waals surface area (Å²) in [5.74, 6) is -0.788. The van der Waals surface area contributed by atoms with Crippen LogP contribution < -0.4 is 15.5 Å². The molecule has 3 aromatic rings. The minimum absolute atomic E-state index is 0.0431. The normalized spacial score (nSPS) is 17.5. The van der Waals surface area contributed by atoms with E-state index in [2.05, 4.69) is 16.4 Å². The van der Waals surface area contributed by atoms with Crippen LogP contribution in [0.3, 0.4) is 0 Å². The summed E-state index contributed by atoms with van der Waals surface area (Å²) in [7, 11) is -1.15. The maximum atomic E-state index is 12.5. The lowest BCUT2D eigenvalue weighted by Crippen LogP contribution is -2.35. The Kier molecular flexibility index (Phi) is 10.5. The number of aromatic carboxylic acids is 1. The molecule has 3 N–H and O–H groups in total. The van der Waals surface area contributed by atoms with Gasteiger partial charge in [-0.3, -0.25) is 14.6 Å². The maximum absolute atomic E-state index is 12.5. The predicted molar refractivity (Wildman–Crippen MR) is 188 cm³/mol. The zero-order valence-corrected chi connectivity index (χ0v) is 28.2. The number of nitrogens with one attached hydrogen (secondary N) is 1. The number of carbonyl (C=O) groups excluding carboxylic acids is 2. The molecule has 5 rings (SSSR count). The minimum atomic E-state index is -1.15. The number of carboxylic acids is 1. The molecule has 9 nitrogen and oxygen atoms in total. The van der Waals surface area contributed by atoms with Crippen molar-refractivity contribution in [2.75, 3.05) is 25.0 Å². The average Bonchev–Trinajstić information content (AvgIpc) is 3.06. The van der Waals surface area contributed by atoms with Crippen LogP contribution in [0.5, 0.6) is 5.75 Å². The molecule has 0 spiro atoms. The van der Waals surface area contributed by atoms with Crippen LogP contribution >= 0.6 is 0 Å². The Labute approximate surface area is 281 Å². The molecule has 1 heterocycles. The Hall–Kier alpha value is -4.80. The highest BCUT2D eigenvalue weighted by atomic mass is 16.5. The van der Waals surface area contributed by atoms with E-state index in [1.165, 1.54) is 13.0 Å². The number of aliphatic imine (C=N–C) groups is 1. The molecule has 2 aliphatic rings. The number of hydrogen-bond donors (Lipinski definition) is 3. The SMILES string of the molecule is CCN=C1C=C2Oc3cc(NCCOB(O)c4ccc(C(=O)C(C)C)cc4)c(C)cc3C(c3ccc(C(C)=O)cc3C(=O)O)C2C=C1C. The third kappa shape index (κ3) is 7.20. The van der Waals surface area contributed by atoms with Gasteiger partial charge in [-0.2, -0.15) is 0 Å². The van der Waals surface area contributed by atoms with E-state index in [0.717, 1.165) is 28.1 Å². The van der Waals surface area contributed by atoms with Crippen LogP contribution in [-0.2, 0) is 4.65 Å². The Balaban J connectivity index is 1.41. The molecule has 1 aliphatic heterocycles. The number of benzene rings is 3. The molecular weight excluding hydrogens is 607 g/mol. The average molecular weight is 649 g/mol. The van der Waals surface area contributed by atoms with E-state index < -0.39 is 19.0 Å². The van der Waals surface area contributed by atoms with Crippen LogP contribution in [0.25, 0.3) is 0 Å². The Morgan fingerprint density at radius 3 is 2.38 bits per heavy atom. The molecule has 0 fully saturated rings. The standard InChI is InChI=1S/C38H41BN2O7/c1-7-40-32-19-34-30(16-22(32)4)36(28-13-10-26(24(6)42)18-29(28)38(44)45)31-17-23(5)33(20-35(31)48-34)41-14-15-47-39(46)27-11-8-25(9-12-27)37(43)21(2)3/h8-13,16-21,30,36,41,46H,7,14-15H2,1-6H3,(H,44,45). The molecule has 2 atom stereocenters. The van der Waals surface area contributed by atoms with Crippen molar-refractivity contribution >= 4 is 41.5 Å².